The maximum absolute atomic E-state index is 13.6. The molecule has 0 amide bonds. The Morgan fingerprint density at radius 2 is 1.52 bits per heavy atom. The maximum atomic E-state index is 13.6. The average molecular weight is 923 g/mol. The number of carbonyl (C=O) groups is 2. The minimum atomic E-state index is -4.89. The summed E-state index contributed by atoms with van der Waals surface area (Å²) in [7, 11) is -5.62. The van der Waals surface area contributed by atoms with Gasteiger partial charge in [-0.15, -0.1) is 0 Å². The molecule has 6 rings (SSSR count). The lowest BCUT2D eigenvalue weighted by Crippen LogP contribution is -2.36. The number of aryl methyl sites for hydroxylation is 1. The molecule has 20 heteroatoms. The van der Waals surface area contributed by atoms with Crippen LogP contribution in [-0.2, 0) is 29.7 Å². The standard InChI is InChI=1S/C45H47BN6O11S2/c1-28-23-38(50-51-42-40(65(58,59)60)25-29-24-33(15-20-36(29)43(42)55)47-30-9-7-6-8-10-30)39(61-5)26-37(28)49-48-31-13-18-35(19-14-31)64(56,57)52-32-11-16-34(17-12-32)63-45(4,46)21-22-62-44(2,3)27-41(53)54/h6-20,23-26,47,50,52H,21-22,27,46H2,1-5H3,(H,53,54)(H,58,59,60)/b49-48+,51-42+. The van der Waals surface area contributed by atoms with Gasteiger partial charge in [0, 0.05) is 35.1 Å². The predicted molar refractivity (Wildman–Crippen MR) is 251 cm³/mol. The number of Topliss-reactive ketones (excluding diaryl/α,β-unsaturated/α-hetero) is 1. The molecule has 0 heterocycles. The molecule has 5 aromatic carbocycles. The first-order valence-corrected chi connectivity index (χ1v) is 23.0. The fourth-order valence-electron chi connectivity index (χ4n) is 6.53. The van der Waals surface area contributed by atoms with Crippen LogP contribution >= 0.6 is 0 Å². The molecule has 0 aromatic heterocycles. The van der Waals surface area contributed by atoms with E-state index in [-0.39, 0.29) is 40.5 Å². The molecule has 0 fully saturated rings. The minimum Gasteiger partial charge on any atom is -0.497 e. The largest absolute Gasteiger partial charge is 0.497 e. The molecule has 338 valence electrons. The van der Waals surface area contributed by atoms with Gasteiger partial charge in [-0.1, -0.05) is 18.2 Å². The summed E-state index contributed by atoms with van der Waals surface area (Å²) in [5.74, 6) is -0.956. The molecule has 0 bridgehead atoms. The Labute approximate surface area is 377 Å². The number of hydrogen-bond donors (Lipinski definition) is 5. The lowest BCUT2D eigenvalue weighted by Gasteiger charge is -2.30. The number of ketones is 1. The zero-order valence-electron chi connectivity index (χ0n) is 36.3. The van der Waals surface area contributed by atoms with Crippen molar-refractivity contribution in [1.29, 1.82) is 0 Å². The first-order chi connectivity index (χ1) is 30.6. The van der Waals surface area contributed by atoms with E-state index in [1.165, 1.54) is 37.5 Å². The zero-order chi connectivity index (χ0) is 47.2. The number of fused-ring (bicyclic) bond motifs is 1. The van der Waals surface area contributed by atoms with Gasteiger partial charge in [-0.25, -0.2) is 8.42 Å². The van der Waals surface area contributed by atoms with E-state index in [9.17, 15) is 31.0 Å². The average Bonchev–Trinajstić information content (AvgIpc) is 3.23. The first-order valence-electron chi connectivity index (χ1n) is 20.0. The van der Waals surface area contributed by atoms with E-state index < -0.39 is 53.6 Å². The van der Waals surface area contributed by atoms with Crippen molar-refractivity contribution in [2.75, 3.05) is 29.2 Å². The molecule has 1 unspecified atom stereocenters. The summed E-state index contributed by atoms with van der Waals surface area (Å²) in [5, 5.41) is 25.0. The second-order valence-corrected chi connectivity index (χ2v) is 19.2. The number of carboxylic acid groups (broad SMARTS) is 1. The predicted octanol–water partition coefficient (Wildman–Crippen LogP) is 8.24. The number of aliphatic carboxylic acids is 1. The number of sulfonamides is 1. The molecular formula is C45H47BN6O11S2. The normalized spacial score (nSPS) is 14.6. The maximum Gasteiger partial charge on any atom is 0.306 e. The van der Waals surface area contributed by atoms with E-state index in [1.54, 1.807) is 75.4 Å². The van der Waals surface area contributed by atoms with Gasteiger partial charge in [0.25, 0.3) is 20.1 Å². The van der Waals surface area contributed by atoms with Crippen molar-refractivity contribution in [3.8, 4) is 11.5 Å². The van der Waals surface area contributed by atoms with E-state index in [4.69, 9.17) is 19.3 Å². The second kappa shape index (κ2) is 19.5. The van der Waals surface area contributed by atoms with Gasteiger partial charge >= 0.3 is 5.97 Å². The van der Waals surface area contributed by atoms with Crippen LogP contribution in [0.5, 0.6) is 11.5 Å². The van der Waals surface area contributed by atoms with Crippen molar-refractivity contribution in [2.24, 2.45) is 15.3 Å². The van der Waals surface area contributed by atoms with Gasteiger partial charge in [-0.3, -0.25) is 24.3 Å². The molecule has 1 aliphatic rings. The molecule has 0 spiro atoms. The van der Waals surface area contributed by atoms with Crippen molar-refractivity contribution in [3.05, 3.63) is 131 Å². The number of carbonyl (C=O) groups excluding carboxylic acids is 1. The highest BCUT2D eigenvalue weighted by Crippen LogP contribution is 2.35. The Kier molecular flexibility index (Phi) is 14.3. The fourth-order valence-corrected chi connectivity index (χ4v) is 8.25. The number of allylic oxidation sites excluding steroid dienone is 1. The van der Waals surface area contributed by atoms with Gasteiger partial charge in [-0.2, -0.15) is 23.7 Å². The van der Waals surface area contributed by atoms with E-state index in [1.807, 2.05) is 45.1 Å². The van der Waals surface area contributed by atoms with E-state index in [0.717, 1.165) is 5.69 Å². The van der Waals surface area contributed by atoms with Crippen LogP contribution in [0.3, 0.4) is 0 Å². The number of hydrogen-bond acceptors (Lipinski definition) is 14. The Bertz CT molecular complexity index is 2910. The van der Waals surface area contributed by atoms with E-state index in [2.05, 4.69) is 30.8 Å². The lowest BCUT2D eigenvalue weighted by atomic mass is 9.80. The molecule has 0 saturated carbocycles. The van der Waals surface area contributed by atoms with Crippen LogP contribution in [0.15, 0.2) is 134 Å². The molecule has 1 atom stereocenters. The van der Waals surface area contributed by atoms with Crippen LogP contribution in [0.4, 0.5) is 34.1 Å². The summed E-state index contributed by atoms with van der Waals surface area (Å²) in [5.41, 5.74) is 4.38. The Morgan fingerprint density at radius 1 is 0.846 bits per heavy atom. The molecule has 0 saturated heterocycles. The van der Waals surface area contributed by atoms with Crippen LogP contribution in [0, 0.1) is 6.92 Å². The first kappa shape index (κ1) is 47.6. The number of ether oxygens (including phenoxy) is 3. The monoisotopic (exact) mass is 922 g/mol. The molecule has 65 heavy (non-hydrogen) atoms. The van der Waals surface area contributed by atoms with Crippen LogP contribution in [0.2, 0.25) is 0 Å². The number of rotatable bonds is 19. The zero-order valence-corrected chi connectivity index (χ0v) is 38.0. The number of para-hydroxylation sites is 1. The minimum absolute atomic E-state index is 0.0182. The van der Waals surface area contributed by atoms with Gasteiger partial charge in [0.2, 0.25) is 5.78 Å². The molecule has 0 aliphatic heterocycles. The van der Waals surface area contributed by atoms with Crippen molar-refractivity contribution in [3.63, 3.8) is 0 Å². The molecule has 17 nitrogen and oxygen atoms in total. The number of hydrazone groups is 1. The van der Waals surface area contributed by atoms with Crippen LogP contribution < -0.4 is 24.9 Å². The lowest BCUT2D eigenvalue weighted by molar-refractivity contribution is -0.144. The molecule has 5 N–H and O–H groups in total. The summed E-state index contributed by atoms with van der Waals surface area (Å²) in [6, 6.07) is 29.4. The SMILES string of the molecule is BC(C)(CCOC(C)(C)CC(=O)O)Oc1ccc(NS(=O)(=O)c2ccc(/N=N/c3cc(OC)c(N/N=C4/C(=O)c5ccc(Nc6ccccc6)cc5C=C4S(=O)(=O)O)cc3C)cc2)cc1. The molecule has 5 aromatic rings. The highest BCUT2D eigenvalue weighted by atomic mass is 32.2. The topological polar surface area (TPSA) is 244 Å². The highest BCUT2D eigenvalue weighted by molar-refractivity contribution is 7.92. The quantitative estimate of drug-likeness (QED) is 0.0227. The third-order valence-corrected chi connectivity index (χ3v) is 12.1. The van der Waals surface area contributed by atoms with Gasteiger partial charge < -0.3 is 24.6 Å². The van der Waals surface area contributed by atoms with Gasteiger partial charge in [-0.05, 0) is 130 Å². The summed E-state index contributed by atoms with van der Waals surface area (Å²) in [6.07, 6.45) is 1.53. The van der Waals surface area contributed by atoms with Crippen LogP contribution in [0.25, 0.3) is 6.08 Å². The van der Waals surface area contributed by atoms with Gasteiger partial charge in [0.15, 0.2) is 13.6 Å². The number of methoxy groups -OCH3 is 1. The van der Waals surface area contributed by atoms with Crippen molar-refractivity contribution < 1.29 is 50.3 Å². The van der Waals surface area contributed by atoms with Crippen molar-refractivity contribution in [2.45, 2.75) is 56.5 Å². The Balaban J connectivity index is 1.09. The summed E-state index contributed by atoms with van der Waals surface area (Å²) >= 11 is 0. The molecule has 0 radical (unpaired) electrons. The summed E-state index contributed by atoms with van der Waals surface area (Å²) < 4.78 is 81.5. The van der Waals surface area contributed by atoms with Gasteiger partial charge in [0.1, 0.15) is 16.4 Å². The van der Waals surface area contributed by atoms with E-state index >= 15 is 0 Å². The number of azo groups is 1. The number of nitrogens with zero attached hydrogens (tertiary/aromatic N) is 3. The third-order valence-electron chi connectivity index (χ3n) is 9.87. The number of anilines is 4. The number of carboxylic acids is 1. The van der Waals surface area contributed by atoms with Crippen molar-refractivity contribution in [1.82, 2.24) is 0 Å². The Hall–Kier alpha value is -6.87. The molecular weight excluding hydrogens is 875 g/mol. The smallest absolute Gasteiger partial charge is 0.306 e. The third kappa shape index (κ3) is 12.7. The Morgan fingerprint density at radius 3 is 2.17 bits per heavy atom. The summed E-state index contributed by atoms with van der Waals surface area (Å²) in [4.78, 5) is 24.0. The highest BCUT2D eigenvalue weighted by Gasteiger charge is 2.33. The van der Waals surface area contributed by atoms with Gasteiger partial charge in [0.05, 0.1) is 53.2 Å². The fraction of sp³-hybridized carbons (Fsp3) is 0.222. The number of benzene rings is 5. The summed E-state index contributed by atoms with van der Waals surface area (Å²) in [6.45, 7) is 7.31. The van der Waals surface area contributed by atoms with Crippen molar-refractivity contribution >= 4 is 85.7 Å². The molecule has 1 aliphatic carbocycles. The second-order valence-electron chi connectivity index (χ2n) is 16.1. The van der Waals surface area contributed by atoms with Crippen LogP contribution in [0.1, 0.15) is 55.1 Å². The number of nitrogens with one attached hydrogen (secondary N) is 3. The van der Waals surface area contributed by atoms with E-state index in [0.29, 0.717) is 40.5 Å². The van der Waals surface area contributed by atoms with Crippen LogP contribution in [-0.4, -0.2) is 76.6 Å².